The zero-order valence-electron chi connectivity index (χ0n) is 10.6. The second kappa shape index (κ2) is 4.43. The maximum Gasteiger partial charge on any atom is 0.0705 e. The average molecular weight is 229 g/mol. The van der Waals surface area contributed by atoms with Crippen LogP contribution >= 0.6 is 0 Å². The minimum absolute atomic E-state index is 0.0544. The molecule has 0 spiro atoms. The first-order chi connectivity index (χ1) is 8.04. The zero-order chi connectivity index (χ0) is 12.5. The maximum absolute atomic E-state index is 5.71. The van der Waals surface area contributed by atoms with E-state index < -0.39 is 0 Å². The molecule has 0 aliphatic rings. The van der Waals surface area contributed by atoms with Crippen LogP contribution in [0.2, 0.25) is 0 Å². The van der Waals surface area contributed by atoms with Crippen LogP contribution in [0.3, 0.4) is 0 Å². The molecule has 0 fully saturated rings. The number of benzene rings is 1. The van der Waals surface area contributed by atoms with Crippen LogP contribution in [0.15, 0.2) is 36.5 Å². The summed E-state index contributed by atoms with van der Waals surface area (Å²) >= 11 is 0. The highest BCUT2D eigenvalue weighted by Gasteiger charge is 2.26. The molecule has 90 valence electrons. The summed E-state index contributed by atoms with van der Waals surface area (Å²) in [5.41, 5.74) is 5.19. The van der Waals surface area contributed by atoms with E-state index in [1.165, 1.54) is 5.56 Å². The summed E-state index contributed by atoms with van der Waals surface area (Å²) in [5.74, 6) is 5.71. The van der Waals surface area contributed by atoms with Gasteiger partial charge in [-0.25, -0.2) is 0 Å². The largest absolute Gasteiger partial charge is 0.271 e. The first-order valence-electron chi connectivity index (χ1n) is 5.84. The van der Waals surface area contributed by atoms with E-state index in [9.17, 15) is 0 Å². The number of pyridine rings is 1. The monoisotopic (exact) mass is 229 g/mol. The van der Waals surface area contributed by atoms with E-state index in [1.807, 2.05) is 30.5 Å². The Morgan fingerprint density at radius 2 is 1.88 bits per heavy atom. The number of nitrogens with one attached hydrogen (secondary N) is 1. The summed E-state index contributed by atoms with van der Waals surface area (Å²) in [7, 11) is 0. The number of fused-ring (bicyclic) bond motifs is 1. The summed E-state index contributed by atoms with van der Waals surface area (Å²) in [6.45, 7) is 6.52. The van der Waals surface area contributed by atoms with E-state index in [0.717, 1.165) is 10.9 Å². The Morgan fingerprint density at radius 1 is 1.18 bits per heavy atom. The molecule has 1 atom stereocenters. The normalized spacial score (nSPS) is 13.9. The van der Waals surface area contributed by atoms with Crippen LogP contribution < -0.4 is 11.3 Å². The van der Waals surface area contributed by atoms with Crippen LogP contribution in [0, 0.1) is 5.41 Å². The highest BCUT2D eigenvalue weighted by Crippen LogP contribution is 2.35. The molecule has 3 N–H and O–H groups in total. The minimum Gasteiger partial charge on any atom is -0.271 e. The van der Waals surface area contributed by atoms with Crippen molar-refractivity contribution < 1.29 is 0 Å². The van der Waals surface area contributed by atoms with Crippen molar-refractivity contribution in [2.45, 2.75) is 26.8 Å². The van der Waals surface area contributed by atoms with Crippen LogP contribution in [-0.4, -0.2) is 4.98 Å². The molecule has 0 aliphatic carbocycles. The predicted molar refractivity (Wildman–Crippen MR) is 71.3 cm³/mol. The van der Waals surface area contributed by atoms with Gasteiger partial charge in [0.15, 0.2) is 0 Å². The van der Waals surface area contributed by atoms with E-state index in [4.69, 9.17) is 5.84 Å². The van der Waals surface area contributed by atoms with Crippen LogP contribution in [-0.2, 0) is 0 Å². The van der Waals surface area contributed by atoms with E-state index >= 15 is 0 Å². The molecule has 3 nitrogen and oxygen atoms in total. The summed E-state index contributed by atoms with van der Waals surface area (Å²) in [5, 5.41) is 1.16. The number of rotatable bonds is 2. The zero-order valence-corrected chi connectivity index (χ0v) is 10.6. The van der Waals surface area contributed by atoms with Gasteiger partial charge in [0.2, 0.25) is 0 Å². The predicted octanol–water partition coefficient (Wildman–Crippen LogP) is 2.79. The van der Waals surface area contributed by atoms with Gasteiger partial charge in [-0.05, 0) is 23.1 Å². The Hall–Kier alpha value is -1.45. The Balaban J connectivity index is 2.62. The first kappa shape index (κ1) is 12.0. The van der Waals surface area contributed by atoms with Gasteiger partial charge in [-0.15, -0.1) is 0 Å². The topological polar surface area (TPSA) is 50.9 Å². The van der Waals surface area contributed by atoms with Crippen LogP contribution in [0.1, 0.15) is 32.4 Å². The third kappa shape index (κ3) is 2.30. The third-order valence-corrected chi connectivity index (χ3v) is 3.03. The lowest BCUT2D eigenvalue weighted by atomic mass is 9.82. The van der Waals surface area contributed by atoms with Crippen molar-refractivity contribution in [1.82, 2.24) is 10.4 Å². The number of hydrazine groups is 1. The van der Waals surface area contributed by atoms with Crippen LogP contribution in [0.5, 0.6) is 0 Å². The fraction of sp³-hybridized carbons (Fsp3) is 0.357. The van der Waals surface area contributed by atoms with E-state index in [1.54, 1.807) is 0 Å². The second-order valence-electron chi connectivity index (χ2n) is 5.38. The number of hydrogen-bond donors (Lipinski definition) is 2. The number of aromatic nitrogens is 1. The molecule has 0 amide bonds. The molecule has 1 aromatic carbocycles. The summed E-state index contributed by atoms with van der Waals surface area (Å²) < 4.78 is 0. The lowest BCUT2D eigenvalue weighted by Crippen LogP contribution is -2.37. The molecule has 2 aromatic rings. The molecule has 3 heteroatoms. The van der Waals surface area contributed by atoms with Crippen molar-refractivity contribution in [2.75, 3.05) is 0 Å². The molecule has 0 aliphatic heterocycles. The van der Waals surface area contributed by atoms with Crippen molar-refractivity contribution in [1.29, 1.82) is 0 Å². The van der Waals surface area contributed by atoms with E-state index in [2.05, 4.69) is 37.2 Å². The summed E-state index contributed by atoms with van der Waals surface area (Å²) in [4.78, 5) is 4.37. The Kier molecular flexibility index (Phi) is 3.13. The van der Waals surface area contributed by atoms with Crippen LogP contribution in [0.4, 0.5) is 0 Å². The molecule has 1 heterocycles. The minimum atomic E-state index is 0.0544. The quantitative estimate of drug-likeness (QED) is 0.615. The maximum atomic E-state index is 5.71. The lowest BCUT2D eigenvalue weighted by molar-refractivity contribution is 0.277. The third-order valence-electron chi connectivity index (χ3n) is 3.03. The molecule has 0 radical (unpaired) electrons. The van der Waals surface area contributed by atoms with Crippen molar-refractivity contribution >= 4 is 10.9 Å². The van der Waals surface area contributed by atoms with Crippen molar-refractivity contribution in [3.8, 4) is 0 Å². The number of nitrogens with two attached hydrogens (primary N) is 1. The molecule has 0 bridgehead atoms. The fourth-order valence-corrected chi connectivity index (χ4v) is 2.18. The van der Waals surface area contributed by atoms with Crippen LogP contribution in [0.25, 0.3) is 10.9 Å². The SMILES string of the molecule is CC(C)(C)C(NN)c1ccnc2ccccc12. The first-order valence-corrected chi connectivity index (χ1v) is 5.84. The van der Waals surface area contributed by atoms with Gasteiger partial charge in [0, 0.05) is 11.6 Å². The van der Waals surface area contributed by atoms with Gasteiger partial charge in [-0.1, -0.05) is 39.0 Å². The number of hydrogen-bond acceptors (Lipinski definition) is 3. The number of para-hydroxylation sites is 1. The summed E-state index contributed by atoms with van der Waals surface area (Å²) in [6.07, 6.45) is 1.84. The van der Waals surface area contributed by atoms with Gasteiger partial charge >= 0.3 is 0 Å². The van der Waals surface area contributed by atoms with Gasteiger partial charge in [0.05, 0.1) is 11.6 Å². The van der Waals surface area contributed by atoms with E-state index in [-0.39, 0.29) is 11.5 Å². The highest BCUT2D eigenvalue weighted by molar-refractivity contribution is 5.82. The molecule has 1 aromatic heterocycles. The molecular formula is C14H19N3. The molecule has 2 rings (SSSR count). The Morgan fingerprint density at radius 3 is 2.53 bits per heavy atom. The van der Waals surface area contributed by atoms with Crippen molar-refractivity contribution in [3.63, 3.8) is 0 Å². The highest BCUT2D eigenvalue weighted by atomic mass is 15.2. The molecule has 17 heavy (non-hydrogen) atoms. The second-order valence-corrected chi connectivity index (χ2v) is 5.38. The Bertz CT molecular complexity index is 509. The van der Waals surface area contributed by atoms with Gasteiger partial charge in [0.1, 0.15) is 0 Å². The average Bonchev–Trinajstić information content (AvgIpc) is 2.28. The molecule has 0 saturated carbocycles. The molecular weight excluding hydrogens is 210 g/mol. The van der Waals surface area contributed by atoms with Crippen molar-refractivity contribution in [2.24, 2.45) is 11.3 Å². The smallest absolute Gasteiger partial charge is 0.0705 e. The van der Waals surface area contributed by atoms with Gasteiger partial charge < -0.3 is 0 Å². The van der Waals surface area contributed by atoms with Gasteiger partial charge in [0.25, 0.3) is 0 Å². The number of nitrogens with zero attached hydrogens (tertiary/aromatic N) is 1. The van der Waals surface area contributed by atoms with Crippen molar-refractivity contribution in [3.05, 3.63) is 42.1 Å². The summed E-state index contributed by atoms with van der Waals surface area (Å²) in [6, 6.07) is 10.3. The van der Waals surface area contributed by atoms with Gasteiger partial charge in [-0.3, -0.25) is 16.3 Å². The standard InChI is InChI=1S/C14H19N3/c1-14(2,3)13(17-15)11-8-9-16-12-7-5-4-6-10(11)12/h4-9,13,17H,15H2,1-3H3. The van der Waals surface area contributed by atoms with Gasteiger partial charge in [-0.2, -0.15) is 0 Å². The fourth-order valence-electron chi connectivity index (χ4n) is 2.18. The molecule has 1 unspecified atom stereocenters. The lowest BCUT2D eigenvalue weighted by Gasteiger charge is -2.31. The Labute approximate surface area is 102 Å². The molecule has 0 saturated heterocycles. The van der Waals surface area contributed by atoms with E-state index in [0.29, 0.717) is 0 Å².